The van der Waals surface area contributed by atoms with Crippen LogP contribution in [0.4, 0.5) is 0 Å². The first kappa shape index (κ1) is 17.8. The van der Waals surface area contributed by atoms with Crippen LogP contribution in [0, 0.1) is 0 Å². The average molecular weight is 263 g/mol. The molecule has 0 aromatic rings. The number of aliphatic hydroxyl groups excluding tert-OH is 1. The Kier molecular flexibility index (Phi) is 11.7. The Labute approximate surface area is 111 Å². The fourth-order valence-corrected chi connectivity index (χ4v) is 1.42. The van der Waals surface area contributed by atoms with E-state index < -0.39 is 6.10 Å². The molecular formula is C13H29NO4. The predicted molar refractivity (Wildman–Crippen MR) is 71.9 cm³/mol. The molecule has 0 aliphatic heterocycles. The van der Waals surface area contributed by atoms with Crippen molar-refractivity contribution in [3.8, 4) is 0 Å². The Morgan fingerprint density at radius 2 is 1.78 bits per heavy atom. The summed E-state index contributed by atoms with van der Waals surface area (Å²) in [4.78, 5) is 0. The van der Waals surface area contributed by atoms with Crippen LogP contribution in [-0.4, -0.2) is 62.9 Å². The topological polar surface area (TPSA) is 60.0 Å². The highest BCUT2D eigenvalue weighted by atomic mass is 16.5. The van der Waals surface area contributed by atoms with Crippen molar-refractivity contribution >= 4 is 0 Å². The molecule has 0 amide bonds. The van der Waals surface area contributed by atoms with E-state index in [0.717, 1.165) is 6.54 Å². The summed E-state index contributed by atoms with van der Waals surface area (Å²) in [5, 5.41) is 12.8. The molecule has 0 saturated heterocycles. The standard InChI is InChI=1S/C13H29NO4/c1-5-17-12(4)8-14-9-13(15)10-16-6-7-18-11(2)3/h11-15H,5-10H2,1-4H3. The van der Waals surface area contributed by atoms with Gasteiger partial charge in [-0.15, -0.1) is 0 Å². The first-order valence-electron chi connectivity index (χ1n) is 6.76. The Morgan fingerprint density at radius 3 is 2.39 bits per heavy atom. The number of aliphatic hydroxyl groups is 1. The van der Waals surface area contributed by atoms with Crippen LogP contribution in [0.2, 0.25) is 0 Å². The van der Waals surface area contributed by atoms with Crippen LogP contribution in [-0.2, 0) is 14.2 Å². The Balaban J connectivity index is 3.29. The lowest BCUT2D eigenvalue weighted by atomic mass is 10.3. The highest BCUT2D eigenvalue weighted by Gasteiger charge is 2.06. The molecule has 0 rings (SSSR count). The Bertz CT molecular complexity index is 178. The van der Waals surface area contributed by atoms with Crippen LogP contribution in [0.25, 0.3) is 0 Å². The first-order chi connectivity index (χ1) is 8.56. The molecule has 2 unspecified atom stereocenters. The summed E-state index contributed by atoms with van der Waals surface area (Å²) in [5.74, 6) is 0. The SMILES string of the molecule is CCOC(C)CNCC(O)COCCOC(C)C. The fourth-order valence-electron chi connectivity index (χ4n) is 1.42. The molecule has 2 N–H and O–H groups in total. The molecule has 18 heavy (non-hydrogen) atoms. The Hall–Kier alpha value is -0.200. The summed E-state index contributed by atoms with van der Waals surface area (Å²) in [6, 6.07) is 0. The molecule has 2 atom stereocenters. The molecule has 110 valence electrons. The third kappa shape index (κ3) is 12.3. The van der Waals surface area contributed by atoms with E-state index >= 15 is 0 Å². The van der Waals surface area contributed by atoms with Gasteiger partial charge >= 0.3 is 0 Å². The van der Waals surface area contributed by atoms with Crippen molar-refractivity contribution in [3.63, 3.8) is 0 Å². The monoisotopic (exact) mass is 263 g/mol. The van der Waals surface area contributed by atoms with E-state index in [-0.39, 0.29) is 12.2 Å². The average Bonchev–Trinajstić information content (AvgIpc) is 2.28. The normalized spacial score (nSPS) is 15.0. The quantitative estimate of drug-likeness (QED) is 0.510. The summed E-state index contributed by atoms with van der Waals surface area (Å²) in [6.07, 6.45) is -0.0966. The number of nitrogens with one attached hydrogen (secondary N) is 1. The maximum absolute atomic E-state index is 9.63. The van der Waals surface area contributed by atoms with E-state index in [1.165, 1.54) is 0 Å². The van der Waals surface area contributed by atoms with E-state index in [0.29, 0.717) is 33.0 Å². The van der Waals surface area contributed by atoms with Gasteiger partial charge in [-0.05, 0) is 27.7 Å². The van der Waals surface area contributed by atoms with Crippen molar-refractivity contribution in [1.29, 1.82) is 0 Å². The van der Waals surface area contributed by atoms with Crippen molar-refractivity contribution in [2.75, 3.05) is 39.5 Å². The highest BCUT2D eigenvalue weighted by Crippen LogP contribution is 1.90. The maximum atomic E-state index is 9.63. The van der Waals surface area contributed by atoms with Crippen molar-refractivity contribution in [2.45, 2.75) is 46.0 Å². The van der Waals surface area contributed by atoms with E-state index in [1.807, 2.05) is 27.7 Å². The number of rotatable bonds is 12. The van der Waals surface area contributed by atoms with Crippen LogP contribution in [0.5, 0.6) is 0 Å². The third-order valence-electron chi connectivity index (χ3n) is 2.25. The van der Waals surface area contributed by atoms with Crippen molar-refractivity contribution in [3.05, 3.63) is 0 Å². The molecule has 0 saturated carbocycles. The van der Waals surface area contributed by atoms with Crippen LogP contribution in [0.15, 0.2) is 0 Å². The van der Waals surface area contributed by atoms with Gasteiger partial charge < -0.3 is 24.6 Å². The van der Waals surface area contributed by atoms with E-state index in [2.05, 4.69) is 5.32 Å². The van der Waals surface area contributed by atoms with Gasteiger partial charge in [0.1, 0.15) is 0 Å². The molecule has 0 aromatic carbocycles. The lowest BCUT2D eigenvalue weighted by Gasteiger charge is -2.16. The zero-order valence-corrected chi connectivity index (χ0v) is 12.1. The summed E-state index contributed by atoms with van der Waals surface area (Å²) in [5.41, 5.74) is 0. The van der Waals surface area contributed by atoms with Gasteiger partial charge in [0.15, 0.2) is 0 Å². The molecule has 0 spiro atoms. The van der Waals surface area contributed by atoms with Crippen LogP contribution < -0.4 is 5.32 Å². The van der Waals surface area contributed by atoms with Gasteiger partial charge in [0.25, 0.3) is 0 Å². The molecule has 0 radical (unpaired) electrons. The van der Waals surface area contributed by atoms with Gasteiger partial charge in [-0.2, -0.15) is 0 Å². The lowest BCUT2D eigenvalue weighted by molar-refractivity contribution is -0.0109. The Morgan fingerprint density at radius 1 is 1.06 bits per heavy atom. The number of hydrogen-bond acceptors (Lipinski definition) is 5. The van der Waals surface area contributed by atoms with Gasteiger partial charge in [-0.3, -0.25) is 0 Å². The van der Waals surface area contributed by atoms with E-state index in [4.69, 9.17) is 14.2 Å². The zero-order valence-electron chi connectivity index (χ0n) is 12.1. The predicted octanol–water partition coefficient (Wildman–Crippen LogP) is 0.804. The largest absolute Gasteiger partial charge is 0.389 e. The fraction of sp³-hybridized carbons (Fsp3) is 1.00. The molecule has 0 fully saturated rings. The summed E-state index contributed by atoms with van der Waals surface area (Å²) in [7, 11) is 0. The number of ether oxygens (including phenoxy) is 3. The van der Waals surface area contributed by atoms with Gasteiger partial charge in [0, 0.05) is 19.7 Å². The van der Waals surface area contributed by atoms with Crippen LogP contribution in [0.1, 0.15) is 27.7 Å². The third-order valence-corrected chi connectivity index (χ3v) is 2.25. The molecule has 5 heteroatoms. The van der Waals surface area contributed by atoms with Crippen molar-refractivity contribution < 1.29 is 19.3 Å². The van der Waals surface area contributed by atoms with Gasteiger partial charge in [-0.25, -0.2) is 0 Å². The molecule has 0 aliphatic carbocycles. The minimum atomic E-state index is -0.488. The second-order valence-electron chi connectivity index (χ2n) is 4.57. The second-order valence-corrected chi connectivity index (χ2v) is 4.57. The molecule has 0 aromatic heterocycles. The summed E-state index contributed by atoms with van der Waals surface area (Å²) in [6.45, 7) is 11.3. The minimum absolute atomic E-state index is 0.169. The molecular weight excluding hydrogens is 234 g/mol. The second kappa shape index (κ2) is 11.9. The van der Waals surface area contributed by atoms with Crippen LogP contribution >= 0.6 is 0 Å². The molecule has 5 nitrogen and oxygen atoms in total. The highest BCUT2D eigenvalue weighted by molar-refractivity contribution is 4.61. The first-order valence-corrected chi connectivity index (χ1v) is 6.76. The summed E-state index contributed by atoms with van der Waals surface area (Å²) >= 11 is 0. The minimum Gasteiger partial charge on any atom is -0.389 e. The summed E-state index contributed by atoms with van der Waals surface area (Å²) < 4.78 is 16.0. The lowest BCUT2D eigenvalue weighted by Crippen LogP contribution is -2.35. The zero-order chi connectivity index (χ0) is 13.8. The van der Waals surface area contributed by atoms with Gasteiger partial charge in [-0.1, -0.05) is 0 Å². The number of hydrogen-bond donors (Lipinski definition) is 2. The van der Waals surface area contributed by atoms with E-state index in [1.54, 1.807) is 0 Å². The molecule has 0 aliphatic rings. The van der Waals surface area contributed by atoms with Crippen molar-refractivity contribution in [2.24, 2.45) is 0 Å². The van der Waals surface area contributed by atoms with Gasteiger partial charge in [0.2, 0.25) is 0 Å². The van der Waals surface area contributed by atoms with Gasteiger partial charge in [0.05, 0.1) is 38.1 Å². The smallest absolute Gasteiger partial charge is 0.0897 e. The molecule has 0 heterocycles. The maximum Gasteiger partial charge on any atom is 0.0897 e. The molecule has 0 bridgehead atoms. The van der Waals surface area contributed by atoms with Crippen molar-refractivity contribution in [1.82, 2.24) is 5.32 Å². The van der Waals surface area contributed by atoms with Crippen LogP contribution in [0.3, 0.4) is 0 Å². The van der Waals surface area contributed by atoms with E-state index in [9.17, 15) is 5.11 Å².